The molecule has 1 N–H and O–H groups in total. The standard InChI is InChI=1S/C18H16BrN3O2S/c1-11-3-5-14(13(19)9-11)20-17(23)10-22-18(24)8-6-15(21-22)16-7-4-12(2)25-16/h3-9H,10H2,1-2H3,(H,20,23). The molecule has 0 atom stereocenters. The Kier molecular flexibility index (Phi) is 5.15. The van der Waals surface area contributed by atoms with Crippen LogP contribution in [0.2, 0.25) is 0 Å². The van der Waals surface area contributed by atoms with Gasteiger partial charge >= 0.3 is 0 Å². The quantitative estimate of drug-likeness (QED) is 0.697. The molecule has 25 heavy (non-hydrogen) atoms. The third-order valence-corrected chi connectivity index (χ3v) is 5.23. The van der Waals surface area contributed by atoms with Crippen molar-refractivity contribution in [2.75, 3.05) is 5.32 Å². The van der Waals surface area contributed by atoms with Crippen LogP contribution in [0, 0.1) is 13.8 Å². The second-order valence-corrected chi connectivity index (χ2v) is 7.80. The smallest absolute Gasteiger partial charge is 0.267 e. The fourth-order valence-corrected chi connectivity index (χ4v) is 3.74. The number of halogens is 1. The lowest BCUT2D eigenvalue weighted by atomic mass is 10.2. The summed E-state index contributed by atoms with van der Waals surface area (Å²) >= 11 is 5.02. The molecule has 3 aromatic rings. The van der Waals surface area contributed by atoms with Crippen LogP contribution in [0.1, 0.15) is 10.4 Å². The predicted molar refractivity (Wildman–Crippen MR) is 104 cm³/mol. The maximum atomic E-state index is 12.3. The number of rotatable bonds is 4. The van der Waals surface area contributed by atoms with Crippen molar-refractivity contribution in [3.05, 3.63) is 67.7 Å². The van der Waals surface area contributed by atoms with E-state index in [1.807, 2.05) is 44.2 Å². The molecule has 128 valence electrons. The Morgan fingerprint density at radius 2 is 2.00 bits per heavy atom. The van der Waals surface area contributed by atoms with E-state index in [-0.39, 0.29) is 18.0 Å². The zero-order chi connectivity index (χ0) is 18.0. The van der Waals surface area contributed by atoms with Crippen molar-refractivity contribution in [2.45, 2.75) is 20.4 Å². The van der Waals surface area contributed by atoms with Crippen molar-refractivity contribution < 1.29 is 4.79 Å². The lowest BCUT2D eigenvalue weighted by Crippen LogP contribution is -2.29. The predicted octanol–water partition coefficient (Wildman–Crippen LogP) is 3.99. The van der Waals surface area contributed by atoms with Gasteiger partial charge in [-0.25, -0.2) is 4.68 Å². The van der Waals surface area contributed by atoms with Gasteiger partial charge in [0.2, 0.25) is 5.91 Å². The van der Waals surface area contributed by atoms with Crippen LogP contribution in [0.3, 0.4) is 0 Å². The second-order valence-electron chi connectivity index (χ2n) is 5.66. The van der Waals surface area contributed by atoms with E-state index in [0.29, 0.717) is 11.4 Å². The molecule has 0 fully saturated rings. The minimum Gasteiger partial charge on any atom is -0.323 e. The van der Waals surface area contributed by atoms with Crippen LogP contribution in [0.25, 0.3) is 10.6 Å². The SMILES string of the molecule is Cc1ccc(NC(=O)Cn2nc(-c3ccc(C)s3)ccc2=O)c(Br)c1. The Morgan fingerprint density at radius 1 is 1.20 bits per heavy atom. The number of nitrogens with one attached hydrogen (secondary N) is 1. The van der Waals surface area contributed by atoms with Crippen molar-refractivity contribution >= 4 is 38.9 Å². The Bertz CT molecular complexity index is 994. The fraction of sp³-hybridized carbons (Fsp3) is 0.167. The maximum absolute atomic E-state index is 12.3. The average Bonchev–Trinajstić information content (AvgIpc) is 2.99. The molecule has 2 heterocycles. The first-order valence-corrected chi connectivity index (χ1v) is 9.24. The Hall–Kier alpha value is -2.25. The van der Waals surface area contributed by atoms with Crippen molar-refractivity contribution in [3.8, 4) is 10.6 Å². The number of hydrogen-bond acceptors (Lipinski definition) is 4. The molecule has 1 aromatic carbocycles. The number of amides is 1. The van der Waals surface area contributed by atoms with Crippen molar-refractivity contribution in [3.63, 3.8) is 0 Å². The van der Waals surface area contributed by atoms with Gasteiger partial charge in [-0.2, -0.15) is 5.10 Å². The van der Waals surface area contributed by atoms with E-state index in [9.17, 15) is 9.59 Å². The van der Waals surface area contributed by atoms with Crippen LogP contribution in [-0.4, -0.2) is 15.7 Å². The highest BCUT2D eigenvalue weighted by atomic mass is 79.9. The summed E-state index contributed by atoms with van der Waals surface area (Å²) < 4.78 is 1.98. The van der Waals surface area contributed by atoms with E-state index in [0.717, 1.165) is 19.8 Å². The molecule has 0 aliphatic rings. The largest absolute Gasteiger partial charge is 0.323 e. The van der Waals surface area contributed by atoms with Crippen LogP contribution in [0.5, 0.6) is 0 Å². The van der Waals surface area contributed by atoms with Gasteiger partial charge in [0.05, 0.1) is 10.6 Å². The minimum atomic E-state index is -0.310. The molecule has 0 bridgehead atoms. The van der Waals surface area contributed by atoms with Gasteiger partial charge in [0.15, 0.2) is 0 Å². The van der Waals surface area contributed by atoms with Crippen LogP contribution in [-0.2, 0) is 11.3 Å². The highest BCUT2D eigenvalue weighted by molar-refractivity contribution is 9.10. The molecule has 0 saturated carbocycles. The van der Waals surface area contributed by atoms with E-state index in [1.165, 1.54) is 10.7 Å². The van der Waals surface area contributed by atoms with Gasteiger partial charge < -0.3 is 5.32 Å². The van der Waals surface area contributed by atoms with Gasteiger partial charge in [-0.15, -0.1) is 11.3 Å². The van der Waals surface area contributed by atoms with E-state index < -0.39 is 0 Å². The highest BCUT2D eigenvalue weighted by Gasteiger charge is 2.10. The summed E-state index contributed by atoms with van der Waals surface area (Å²) in [7, 11) is 0. The van der Waals surface area contributed by atoms with E-state index in [2.05, 4.69) is 26.3 Å². The molecule has 7 heteroatoms. The molecule has 0 spiro atoms. The third kappa shape index (κ3) is 4.24. The molecule has 5 nitrogen and oxygen atoms in total. The summed E-state index contributed by atoms with van der Waals surface area (Å²) in [5.41, 5.74) is 2.12. The zero-order valence-corrected chi connectivity index (χ0v) is 16.1. The van der Waals surface area contributed by atoms with E-state index in [4.69, 9.17) is 0 Å². The number of nitrogens with zero attached hydrogens (tertiary/aromatic N) is 2. The Morgan fingerprint density at radius 3 is 2.68 bits per heavy atom. The van der Waals surface area contributed by atoms with Crippen molar-refractivity contribution in [1.82, 2.24) is 9.78 Å². The van der Waals surface area contributed by atoms with Gasteiger partial charge in [-0.05, 0) is 65.7 Å². The number of benzene rings is 1. The molecule has 0 aliphatic heterocycles. The van der Waals surface area contributed by atoms with Gasteiger partial charge in [-0.1, -0.05) is 6.07 Å². The summed E-state index contributed by atoms with van der Waals surface area (Å²) in [5, 5.41) is 7.11. The van der Waals surface area contributed by atoms with Gasteiger partial charge in [0.1, 0.15) is 12.2 Å². The Balaban J connectivity index is 1.80. The molecular weight excluding hydrogens is 402 g/mol. The van der Waals surface area contributed by atoms with Crippen LogP contribution < -0.4 is 10.9 Å². The summed E-state index contributed by atoms with van der Waals surface area (Å²) in [4.78, 5) is 26.4. The number of aromatic nitrogens is 2. The minimum absolute atomic E-state index is 0.142. The molecule has 3 rings (SSSR count). The number of anilines is 1. The molecular formula is C18H16BrN3O2S. The summed E-state index contributed by atoms with van der Waals surface area (Å²) in [5.74, 6) is -0.307. The van der Waals surface area contributed by atoms with Gasteiger partial charge in [0.25, 0.3) is 5.56 Å². The maximum Gasteiger partial charge on any atom is 0.267 e. The number of carbonyl (C=O) groups is 1. The average molecular weight is 418 g/mol. The molecule has 0 unspecified atom stereocenters. The van der Waals surface area contributed by atoms with Crippen molar-refractivity contribution in [1.29, 1.82) is 0 Å². The summed E-state index contributed by atoms with van der Waals surface area (Å²) in [6, 6.07) is 12.7. The monoisotopic (exact) mass is 417 g/mol. The third-order valence-electron chi connectivity index (χ3n) is 3.55. The number of hydrogen-bond donors (Lipinski definition) is 1. The molecule has 0 aliphatic carbocycles. The first kappa shape index (κ1) is 17.6. The first-order chi connectivity index (χ1) is 11.9. The lowest BCUT2D eigenvalue weighted by molar-refractivity contribution is -0.117. The van der Waals surface area contributed by atoms with Crippen LogP contribution in [0.4, 0.5) is 5.69 Å². The molecule has 2 aromatic heterocycles. The summed E-state index contributed by atoms with van der Waals surface area (Å²) in [6.45, 7) is 3.84. The van der Waals surface area contributed by atoms with E-state index >= 15 is 0 Å². The summed E-state index contributed by atoms with van der Waals surface area (Å²) in [6.07, 6.45) is 0. The fourth-order valence-electron chi connectivity index (χ4n) is 2.31. The topological polar surface area (TPSA) is 64.0 Å². The molecule has 1 amide bonds. The van der Waals surface area contributed by atoms with Crippen molar-refractivity contribution in [2.24, 2.45) is 0 Å². The van der Waals surface area contributed by atoms with Gasteiger partial charge in [-0.3, -0.25) is 9.59 Å². The van der Waals surface area contributed by atoms with Gasteiger partial charge in [0, 0.05) is 15.4 Å². The second kappa shape index (κ2) is 7.33. The van der Waals surface area contributed by atoms with E-state index in [1.54, 1.807) is 17.4 Å². The number of thiophene rings is 1. The molecule has 0 saturated heterocycles. The normalized spacial score (nSPS) is 10.7. The highest BCUT2D eigenvalue weighted by Crippen LogP contribution is 2.25. The number of carbonyl (C=O) groups excluding carboxylic acids is 1. The van der Waals surface area contributed by atoms with Crippen LogP contribution >= 0.6 is 27.3 Å². The first-order valence-electron chi connectivity index (χ1n) is 7.63. The molecule has 0 radical (unpaired) electrons. The number of aryl methyl sites for hydroxylation is 2. The van der Waals surface area contributed by atoms with Crippen LogP contribution in [0.15, 0.2) is 51.7 Å². The lowest BCUT2D eigenvalue weighted by Gasteiger charge is -2.09. The zero-order valence-electron chi connectivity index (χ0n) is 13.7. The Labute approximate surface area is 157 Å².